The lowest BCUT2D eigenvalue weighted by Gasteiger charge is -2.21. The van der Waals surface area contributed by atoms with Crippen molar-refractivity contribution in [2.45, 2.75) is 18.4 Å². The number of ether oxygens (including phenoxy) is 1. The van der Waals surface area contributed by atoms with E-state index >= 15 is 0 Å². The third-order valence-corrected chi connectivity index (χ3v) is 3.22. The number of likely N-dealkylation sites (N-methyl/N-ethyl adjacent to an activating group) is 1. The second kappa shape index (κ2) is 7.56. The quantitative estimate of drug-likeness (QED) is 0.901. The predicted molar refractivity (Wildman–Crippen MR) is 78.2 cm³/mol. The number of benzene rings is 1. The van der Waals surface area contributed by atoms with Gasteiger partial charge in [-0.3, -0.25) is 10.1 Å². The highest BCUT2D eigenvalue weighted by atomic mass is 35.5. The molecule has 1 amide bonds. The number of nitrogens with zero attached hydrogens (tertiary/aromatic N) is 1. The van der Waals surface area contributed by atoms with E-state index in [9.17, 15) is 13.6 Å². The van der Waals surface area contributed by atoms with E-state index in [-0.39, 0.29) is 18.3 Å². The van der Waals surface area contributed by atoms with Gasteiger partial charge in [-0.2, -0.15) is 0 Å². The van der Waals surface area contributed by atoms with Gasteiger partial charge >= 0.3 is 0 Å². The van der Waals surface area contributed by atoms with Crippen molar-refractivity contribution in [2.75, 3.05) is 26.7 Å². The highest BCUT2D eigenvalue weighted by Crippen LogP contribution is 2.25. The zero-order valence-corrected chi connectivity index (χ0v) is 12.5. The van der Waals surface area contributed by atoms with Crippen molar-refractivity contribution < 1.29 is 18.3 Å². The van der Waals surface area contributed by atoms with Gasteiger partial charge < -0.3 is 9.64 Å². The summed E-state index contributed by atoms with van der Waals surface area (Å²) in [6.45, 7) is 0.255. The molecular formula is C14H19ClF2N2O2. The Balaban J connectivity index is 0.00000220. The molecule has 1 aromatic carbocycles. The molecular weight excluding hydrogens is 302 g/mol. The molecule has 21 heavy (non-hydrogen) atoms. The summed E-state index contributed by atoms with van der Waals surface area (Å²) in [6.07, 6.45) is -0.435. The van der Waals surface area contributed by atoms with Gasteiger partial charge in [-0.25, -0.2) is 8.78 Å². The third kappa shape index (κ3) is 5.13. The molecule has 1 fully saturated rings. The number of carbonyl (C=O) groups excluding carboxylic acids is 1. The van der Waals surface area contributed by atoms with Crippen molar-refractivity contribution >= 4 is 18.3 Å². The van der Waals surface area contributed by atoms with E-state index in [0.717, 1.165) is 5.75 Å². The zero-order valence-electron chi connectivity index (χ0n) is 11.7. The van der Waals surface area contributed by atoms with Crippen LogP contribution < -0.4 is 10.1 Å². The second-order valence-corrected chi connectivity index (χ2v) is 4.91. The molecule has 1 unspecified atom stereocenters. The lowest BCUT2D eigenvalue weighted by atomic mass is 10.2. The molecule has 0 radical (unpaired) electrons. The molecule has 1 aliphatic rings. The van der Waals surface area contributed by atoms with Crippen LogP contribution in [0.2, 0.25) is 0 Å². The van der Waals surface area contributed by atoms with Gasteiger partial charge in [0.25, 0.3) is 5.92 Å². The molecule has 2 rings (SSSR count). The van der Waals surface area contributed by atoms with Gasteiger partial charge in [0, 0.05) is 13.5 Å². The van der Waals surface area contributed by atoms with Crippen LogP contribution in [0.25, 0.3) is 0 Å². The number of rotatable bonds is 5. The van der Waals surface area contributed by atoms with Crippen molar-refractivity contribution in [1.82, 2.24) is 10.2 Å². The van der Waals surface area contributed by atoms with Crippen LogP contribution in [-0.4, -0.2) is 49.5 Å². The topological polar surface area (TPSA) is 41.6 Å². The number of nitrogens with one attached hydrogen (secondary N) is 1. The largest absolute Gasteiger partial charge is 0.492 e. The van der Waals surface area contributed by atoms with Gasteiger partial charge in [-0.05, 0) is 12.1 Å². The first-order valence-corrected chi connectivity index (χ1v) is 6.52. The maximum Gasteiger partial charge on any atom is 0.262 e. The Morgan fingerprint density at radius 3 is 2.67 bits per heavy atom. The third-order valence-electron chi connectivity index (χ3n) is 3.22. The Bertz CT molecular complexity index is 460. The van der Waals surface area contributed by atoms with Crippen LogP contribution in [0, 0.1) is 0 Å². The van der Waals surface area contributed by atoms with Gasteiger partial charge in [0.05, 0.1) is 19.1 Å². The maximum absolute atomic E-state index is 13.0. The van der Waals surface area contributed by atoms with Crippen molar-refractivity contribution in [3.63, 3.8) is 0 Å². The van der Waals surface area contributed by atoms with E-state index in [0.29, 0.717) is 13.2 Å². The van der Waals surface area contributed by atoms with E-state index in [1.54, 1.807) is 7.05 Å². The van der Waals surface area contributed by atoms with E-state index in [2.05, 4.69) is 5.32 Å². The number of carbonyl (C=O) groups is 1. The van der Waals surface area contributed by atoms with Crippen LogP contribution in [-0.2, 0) is 4.79 Å². The molecule has 118 valence electrons. The molecule has 1 heterocycles. The Kier molecular flexibility index (Phi) is 6.36. The fraction of sp³-hybridized carbons (Fsp3) is 0.500. The minimum atomic E-state index is -2.79. The average molecular weight is 321 g/mol. The average Bonchev–Trinajstić information content (AvgIpc) is 2.79. The molecule has 4 nitrogen and oxygen atoms in total. The SMILES string of the molecule is CN(CCOc1ccccc1)C(=O)C1CC(F)(F)CN1.Cl. The molecule has 7 heteroatoms. The highest BCUT2D eigenvalue weighted by Gasteiger charge is 2.43. The minimum absolute atomic E-state index is 0. The van der Waals surface area contributed by atoms with Crippen molar-refractivity contribution in [3.05, 3.63) is 30.3 Å². The molecule has 0 bridgehead atoms. The van der Waals surface area contributed by atoms with Gasteiger partial charge in [-0.15, -0.1) is 12.4 Å². The van der Waals surface area contributed by atoms with Crippen LogP contribution in [0.4, 0.5) is 8.78 Å². The van der Waals surface area contributed by atoms with Crippen molar-refractivity contribution in [1.29, 1.82) is 0 Å². The fourth-order valence-corrected chi connectivity index (χ4v) is 2.08. The number of amides is 1. The number of para-hydroxylation sites is 1. The minimum Gasteiger partial charge on any atom is -0.492 e. The van der Waals surface area contributed by atoms with Crippen molar-refractivity contribution in [3.8, 4) is 5.75 Å². The van der Waals surface area contributed by atoms with Gasteiger partial charge in [-0.1, -0.05) is 18.2 Å². The van der Waals surface area contributed by atoms with E-state index in [1.165, 1.54) is 4.90 Å². The lowest BCUT2D eigenvalue weighted by molar-refractivity contribution is -0.132. The standard InChI is InChI=1S/C14H18F2N2O2.ClH/c1-18(7-8-20-11-5-3-2-4-6-11)13(19)12-9-14(15,16)10-17-12;/h2-6,12,17H,7-10H2,1H3;1H. The van der Waals surface area contributed by atoms with Gasteiger partial charge in [0.1, 0.15) is 12.4 Å². The van der Waals surface area contributed by atoms with Crippen LogP contribution in [0.5, 0.6) is 5.75 Å². The molecule has 1 aromatic rings. The first kappa shape index (κ1) is 17.7. The summed E-state index contributed by atoms with van der Waals surface area (Å²) in [6, 6.07) is 8.44. The fourth-order valence-electron chi connectivity index (χ4n) is 2.08. The zero-order chi connectivity index (χ0) is 14.6. The number of hydrogen-bond donors (Lipinski definition) is 1. The first-order chi connectivity index (χ1) is 9.48. The summed E-state index contributed by atoms with van der Waals surface area (Å²) in [4.78, 5) is 13.4. The summed E-state index contributed by atoms with van der Waals surface area (Å²) in [5.74, 6) is -2.39. The van der Waals surface area contributed by atoms with E-state index < -0.39 is 24.9 Å². The Labute approximate surface area is 128 Å². The summed E-state index contributed by atoms with van der Waals surface area (Å²) in [5.41, 5.74) is 0. The van der Waals surface area contributed by atoms with Crippen LogP contribution in [0.15, 0.2) is 30.3 Å². The molecule has 0 aromatic heterocycles. The summed E-state index contributed by atoms with van der Waals surface area (Å²) >= 11 is 0. The molecule has 1 saturated heterocycles. The summed E-state index contributed by atoms with van der Waals surface area (Å²) in [7, 11) is 1.59. The molecule has 1 N–H and O–H groups in total. The normalized spacial score (nSPS) is 19.7. The van der Waals surface area contributed by atoms with Crippen LogP contribution >= 0.6 is 12.4 Å². The maximum atomic E-state index is 13.0. The van der Waals surface area contributed by atoms with Gasteiger partial charge in [0.15, 0.2) is 0 Å². The Morgan fingerprint density at radius 1 is 1.43 bits per heavy atom. The summed E-state index contributed by atoms with van der Waals surface area (Å²) < 4.78 is 31.5. The number of alkyl halides is 2. The van der Waals surface area contributed by atoms with E-state index in [1.807, 2.05) is 30.3 Å². The van der Waals surface area contributed by atoms with E-state index in [4.69, 9.17) is 4.74 Å². The monoisotopic (exact) mass is 320 g/mol. The molecule has 0 aliphatic carbocycles. The number of halogens is 3. The highest BCUT2D eigenvalue weighted by molar-refractivity contribution is 5.85. The lowest BCUT2D eigenvalue weighted by Crippen LogP contribution is -2.43. The smallest absolute Gasteiger partial charge is 0.262 e. The molecule has 1 atom stereocenters. The summed E-state index contributed by atoms with van der Waals surface area (Å²) in [5, 5.41) is 2.55. The van der Waals surface area contributed by atoms with Gasteiger partial charge in [0.2, 0.25) is 5.91 Å². The predicted octanol–water partition coefficient (Wildman–Crippen LogP) is 1.94. The second-order valence-electron chi connectivity index (χ2n) is 4.91. The Hall–Kier alpha value is -1.40. The molecule has 1 aliphatic heterocycles. The Morgan fingerprint density at radius 2 is 2.10 bits per heavy atom. The first-order valence-electron chi connectivity index (χ1n) is 6.52. The van der Waals surface area contributed by atoms with Crippen LogP contribution in [0.3, 0.4) is 0 Å². The van der Waals surface area contributed by atoms with Crippen LogP contribution in [0.1, 0.15) is 6.42 Å². The number of hydrogen-bond acceptors (Lipinski definition) is 3. The molecule has 0 spiro atoms. The van der Waals surface area contributed by atoms with Crippen molar-refractivity contribution in [2.24, 2.45) is 0 Å². The molecule has 0 saturated carbocycles.